The zero-order valence-electron chi connectivity index (χ0n) is 13.7. The maximum absolute atomic E-state index is 13.8. The Kier molecular flexibility index (Phi) is 4.60. The molecule has 2 aromatic rings. The van der Waals surface area contributed by atoms with Gasteiger partial charge in [0.15, 0.2) is 11.6 Å². The van der Waals surface area contributed by atoms with Crippen molar-refractivity contribution in [3.63, 3.8) is 0 Å². The number of carbonyl (C=O) groups is 1. The number of amides is 1. The van der Waals surface area contributed by atoms with E-state index in [0.29, 0.717) is 18.0 Å². The normalized spacial score (nSPS) is 20.5. The van der Waals surface area contributed by atoms with Gasteiger partial charge in [-0.15, -0.1) is 0 Å². The molecule has 1 aliphatic rings. The Morgan fingerprint density at radius 3 is 2.58 bits per heavy atom. The Balaban J connectivity index is 2.04. The summed E-state index contributed by atoms with van der Waals surface area (Å²) in [5.74, 6) is -1.34. The van der Waals surface area contributed by atoms with Crippen LogP contribution in [0.15, 0.2) is 42.7 Å². The molecule has 3 atom stereocenters. The summed E-state index contributed by atoms with van der Waals surface area (Å²) in [4.78, 5) is 18.7. The maximum Gasteiger partial charge on any atom is 0.226 e. The minimum absolute atomic E-state index is 0.0226. The van der Waals surface area contributed by atoms with Crippen molar-refractivity contribution in [3.8, 4) is 0 Å². The number of rotatable bonds is 5. The first-order valence-electron chi connectivity index (χ1n) is 8.18. The quantitative estimate of drug-likeness (QED) is 0.831. The van der Waals surface area contributed by atoms with Gasteiger partial charge in [-0.25, -0.2) is 8.78 Å². The van der Waals surface area contributed by atoms with Gasteiger partial charge in [0, 0.05) is 24.9 Å². The van der Waals surface area contributed by atoms with Crippen LogP contribution in [0, 0.1) is 23.5 Å². The van der Waals surface area contributed by atoms with Crippen molar-refractivity contribution in [1.82, 2.24) is 9.88 Å². The van der Waals surface area contributed by atoms with Gasteiger partial charge < -0.3 is 4.90 Å². The summed E-state index contributed by atoms with van der Waals surface area (Å²) < 4.78 is 27.1. The van der Waals surface area contributed by atoms with E-state index in [1.165, 1.54) is 12.1 Å². The summed E-state index contributed by atoms with van der Waals surface area (Å²) >= 11 is 0. The van der Waals surface area contributed by atoms with Crippen LogP contribution in [0.2, 0.25) is 0 Å². The molecular weight excluding hydrogens is 310 g/mol. The van der Waals surface area contributed by atoms with E-state index in [9.17, 15) is 13.6 Å². The minimum atomic E-state index is -0.912. The van der Waals surface area contributed by atoms with Gasteiger partial charge in [0.2, 0.25) is 5.91 Å². The van der Waals surface area contributed by atoms with Crippen molar-refractivity contribution in [2.75, 3.05) is 6.54 Å². The Bertz CT molecular complexity index is 735. The molecule has 3 nitrogen and oxygen atoms in total. The van der Waals surface area contributed by atoms with Crippen molar-refractivity contribution in [2.24, 2.45) is 11.8 Å². The van der Waals surface area contributed by atoms with Crippen molar-refractivity contribution in [2.45, 2.75) is 26.3 Å². The van der Waals surface area contributed by atoms with Crippen LogP contribution in [-0.4, -0.2) is 22.3 Å². The highest BCUT2D eigenvalue weighted by Crippen LogP contribution is 2.41. The molecule has 0 radical (unpaired) electrons. The summed E-state index contributed by atoms with van der Waals surface area (Å²) in [7, 11) is 0. The molecule has 126 valence electrons. The third kappa shape index (κ3) is 3.16. The Morgan fingerprint density at radius 1 is 1.29 bits per heavy atom. The zero-order chi connectivity index (χ0) is 17.3. The molecule has 1 saturated carbocycles. The first-order valence-corrected chi connectivity index (χ1v) is 8.18. The minimum Gasteiger partial charge on any atom is -0.332 e. The molecule has 0 N–H and O–H groups in total. The third-order valence-electron chi connectivity index (χ3n) is 4.62. The molecule has 1 aromatic heterocycles. The topological polar surface area (TPSA) is 33.2 Å². The number of halogens is 2. The van der Waals surface area contributed by atoms with Crippen LogP contribution < -0.4 is 0 Å². The number of pyridine rings is 1. The summed E-state index contributed by atoms with van der Waals surface area (Å²) in [5, 5.41) is 0. The Hall–Kier alpha value is -2.30. The molecule has 1 aliphatic carbocycles. The molecule has 1 fully saturated rings. The van der Waals surface area contributed by atoms with Crippen molar-refractivity contribution < 1.29 is 13.6 Å². The van der Waals surface area contributed by atoms with Crippen molar-refractivity contribution in [3.05, 3.63) is 65.5 Å². The fourth-order valence-corrected chi connectivity index (χ4v) is 3.12. The van der Waals surface area contributed by atoms with E-state index in [1.54, 1.807) is 23.4 Å². The Morgan fingerprint density at radius 2 is 2.04 bits per heavy atom. The third-order valence-corrected chi connectivity index (χ3v) is 4.62. The molecule has 0 saturated heterocycles. The summed E-state index contributed by atoms with van der Waals surface area (Å²) in [6.45, 7) is 4.43. The van der Waals surface area contributed by atoms with Crippen LogP contribution in [0.1, 0.15) is 37.4 Å². The second-order valence-electron chi connectivity index (χ2n) is 6.31. The lowest BCUT2D eigenvalue weighted by atomic mass is 9.97. The molecular formula is C19H20F2N2O. The van der Waals surface area contributed by atoms with Gasteiger partial charge in [-0.1, -0.05) is 19.1 Å². The largest absolute Gasteiger partial charge is 0.332 e. The van der Waals surface area contributed by atoms with Crippen LogP contribution in [0.4, 0.5) is 8.78 Å². The van der Waals surface area contributed by atoms with Gasteiger partial charge in [-0.2, -0.15) is 0 Å². The van der Waals surface area contributed by atoms with E-state index < -0.39 is 17.7 Å². The lowest BCUT2D eigenvalue weighted by molar-refractivity contribution is -0.134. The van der Waals surface area contributed by atoms with E-state index in [-0.39, 0.29) is 11.8 Å². The van der Waals surface area contributed by atoms with E-state index >= 15 is 0 Å². The molecule has 0 bridgehead atoms. The molecule has 0 spiro atoms. The van der Waals surface area contributed by atoms with Crippen LogP contribution in [-0.2, 0) is 4.79 Å². The Labute approximate surface area is 140 Å². The van der Waals surface area contributed by atoms with Gasteiger partial charge in [-0.3, -0.25) is 9.78 Å². The average molecular weight is 330 g/mol. The molecule has 1 amide bonds. The second kappa shape index (κ2) is 6.67. The summed E-state index contributed by atoms with van der Waals surface area (Å²) in [6, 6.07) is 6.96. The fraction of sp³-hybridized carbons (Fsp3) is 0.368. The van der Waals surface area contributed by atoms with Gasteiger partial charge >= 0.3 is 0 Å². The number of aromatic nitrogens is 1. The molecule has 0 unspecified atom stereocenters. The number of carbonyl (C=O) groups excluding carboxylic acids is 1. The van der Waals surface area contributed by atoms with Gasteiger partial charge in [0.05, 0.1) is 6.04 Å². The molecule has 24 heavy (non-hydrogen) atoms. The number of hydrogen-bond acceptors (Lipinski definition) is 2. The lowest BCUT2D eigenvalue weighted by Crippen LogP contribution is -2.37. The standard InChI is InChI=1S/C19H20F2N2O/c1-3-23(19(24)15-9-12(15)2)18(14-5-4-8-22-11-14)13-6-7-16(20)17(21)10-13/h4-8,10-12,15,18H,3,9H2,1-2H3/t12-,15+,18+/m0/s1. The lowest BCUT2D eigenvalue weighted by Gasteiger charge is -2.32. The zero-order valence-corrected chi connectivity index (χ0v) is 13.7. The van der Waals surface area contributed by atoms with Crippen molar-refractivity contribution >= 4 is 5.91 Å². The van der Waals surface area contributed by atoms with Crippen LogP contribution in [0.3, 0.4) is 0 Å². The molecule has 0 aliphatic heterocycles. The maximum atomic E-state index is 13.8. The first-order chi connectivity index (χ1) is 11.5. The molecule has 3 rings (SSSR count). The highest BCUT2D eigenvalue weighted by molar-refractivity contribution is 5.82. The SMILES string of the molecule is CCN(C(=O)[C@@H]1C[C@@H]1C)[C@@H](c1cccnc1)c1ccc(F)c(F)c1. The van der Waals surface area contributed by atoms with Crippen LogP contribution in [0.5, 0.6) is 0 Å². The number of nitrogens with zero attached hydrogens (tertiary/aromatic N) is 2. The predicted octanol–water partition coefficient (Wildman–Crippen LogP) is 3.95. The fourth-order valence-electron chi connectivity index (χ4n) is 3.12. The second-order valence-corrected chi connectivity index (χ2v) is 6.31. The highest BCUT2D eigenvalue weighted by Gasteiger charge is 2.43. The van der Waals surface area contributed by atoms with Crippen LogP contribution in [0.25, 0.3) is 0 Å². The summed E-state index contributed by atoms with van der Waals surface area (Å²) in [5.41, 5.74) is 1.33. The average Bonchev–Trinajstić information content (AvgIpc) is 3.32. The highest BCUT2D eigenvalue weighted by atomic mass is 19.2. The van der Waals surface area contributed by atoms with Crippen LogP contribution >= 0.6 is 0 Å². The first kappa shape index (κ1) is 16.6. The molecule has 5 heteroatoms. The van der Waals surface area contributed by atoms with Gasteiger partial charge in [-0.05, 0) is 48.6 Å². The van der Waals surface area contributed by atoms with E-state index in [0.717, 1.165) is 18.1 Å². The van der Waals surface area contributed by atoms with E-state index in [4.69, 9.17) is 0 Å². The molecule has 1 aromatic carbocycles. The number of hydrogen-bond donors (Lipinski definition) is 0. The number of benzene rings is 1. The van der Waals surface area contributed by atoms with E-state index in [1.807, 2.05) is 19.9 Å². The summed E-state index contributed by atoms with van der Waals surface area (Å²) in [6.07, 6.45) is 4.19. The smallest absolute Gasteiger partial charge is 0.226 e. The van der Waals surface area contributed by atoms with E-state index in [2.05, 4.69) is 4.98 Å². The van der Waals surface area contributed by atoms with Gasteiger partial charge in [0.25, 0.3) is 0 Å². The van der Waals surface area contributed by atoms with Crippen molar-refractivity contribution in [1.29, 1.82) is 0 Å². The van der Waals surface area contributed by atoms with Gasteiger partial charge in [0.1, 0.15) is 0 Å². The predicted molar refractivity (Wildman–Crippen MR) is 87.1 cm³/mol. The monoisotopic (exact) mass is 330 g/mol. The molecule has 1 heterocycles.